The van der Waals surface area contributed by atoms with Crippen LogP contribution in [0.5, 0.6) is 11.5 Å². The molecule has 1 fully saturated rings. The van der Waals surface area contributed by atoms with Gasteiger partial charge in [0.15, 0.2) is 4.32 Å². The third-order valence-corrected chi connectivity index (χ3v) is 4.42. The topological polar surface area (TPSA) is 29.5 Å². The molecule has 0 spiro atoms. The Kier molecular flexibility index (Phi) is 4.20. The number of thioether (sulfide) groups is 1. The van der Waals surface area contributed by atoms with E-state index in [1.54, 1.807) is 36.4 Å². The summed E-state index contributed by atoms with van der Waals surface area (Å²) in [5.74, 6) is 1.08. The molecule has 3 nitrogen and oxygen atoms in total. The van der Waals surface area contributed by atoms with E-state index in [0.29, 0.717) is 31.4 Å². The molecule has 2 aromatic carbocycles. The van der Waals surface area contributed by atoms with Gasteiger partial charge < -0.3 is 4.74 Å². The Morgan fingerprint density at radius 3 is 2.50 bits per heavy atom. The monoisotopic (exact) mass is 347 g/mol. The van der Waals surface area contributed by atoms with E-state index in [9.17, 15) is 4.79 Å². The number of rotatable bonds is 3. The molecule has 0 radical (unpaired) electrons. The van der Waals surface area contributed by atoms with Crippen molar-refractivity contribution < 1.29 is 9.53 Å². The Morgan fingerprint density at radius 1 is 1.14 bits per heavy atom. The smallest absolute Gasteiger partial charge is 0.270 e. The summed E-state index contributed by atoms with van der Waals surface area (Å²) in [5, 5.41) is 0.643. The van der Waals surface area contributed by atoms with Crippen molar-refractivity contribution >= 4 is 51.5 Å². The van der Waals surface area contributed by atoms with Gasteiger partial charge in [0.05, 0.1) is 10.6 Å². The fourth-order valence-electron chi connectivity index (χ4n) is 1.95. The number of amides is 1. The van der Waals surface area contributed by atoms with Gasteiger partial charge in [-0.25, -0.2) is 0 Å². The number of carbonyl (C=O) groups excluding carboxylic acids is 1. The molecular weight excluding hydrogens is 338 g/mol. The molecule has 0 unspecified atom stereocenters. The number of hydrogen-bond acceptors (Lipinski definition) is 4. The van der Waals surface area contributed by atoms with E-state index in [1.165, 1.54) is 16.7 Å². The van der Waals surface area contributed by atoms with Gasteiger partial charge in [0.25, 0.3) is 5.91 Å². The van der Waals surface area contributed by atoms with Crippen LogP contribution in [-0.2, 0) is 4.79 Å². The number of thiocarbonyl (C=S) groups is 1. The molecule has 0 bridgehead atoms. The van der Waals surface area contributed by atoms with Gasteiger partial charge in [0, 0.05) is 11.1 Å². The van der Waals surface area contributed by atoms with Gasteiger partial charge in [0.2, 0.25) is 0 Å². The van der Waals surface area contributed by atoms with Gasteiger partial charge in [-0.3, -0.25) is 9.69 Å². The highest BCUT2D eigenvalue weighted by Gasteiger charge is 2.32. The predicted octanol–water partition coefficient (Wildman–Crippen LogP) is 5.01. The highest BCUT2D eigenvalue weighted by atomic mass is 35.5. The van der Waals surface area contributed by atoms with Crippen molar-refractivity contribution in [2.24, 2.45) is 0 Å². The minimum absolute atomic E-state index is 0.196. The van der Waals surface area contributed by atoms with Gasteiger partial charge in [-0.15, -0.1) is 0 Å². The SMILES string of the molecule is C=C1SC(=S)N(c2cccc(Oc3ccc(Cl)cc3)c2)C1=O. The second-order valence-corrected chi connectivity index (χ2v) is 6.65. The summed E-state index contributed by atoms with van der Waals surface area (Å²) in [6.07, 6.45) is 0. The van der Waals surface area contributed by atoms with E-state index in [4.69, 9.17) is 28.6 Å². The normalized spacial score (nSPS) is 14.6. The molecule has 22 heavy (non-hydrogen) atoms. The van der Waals surface area contributed by atoms with Crippen LogP contribution in [0.2, 0.25) is 5.02 Å². The van der Waals surface area contributed by atoms with Gasteiger partial charge in [-0.1, -0.05) is 48.2 Å². The van der Waals surface area contributed by atoms with Crippen molar-refractivity contribution in [2.75, 3.05) is 4.90 Å². The van der Waals surface area contributed by atoms with E-state index in [-0.39, 0.29) is 5.91 Å². The second-order valence-electron chi connectivity index (χ2n) is 4.49. The summed E-state index contributed by atoms with van der Waals surface area (Å²) in [6.45, 7) is 3.70. The molecule has 1 saturated heterocycles. The van der Waals surface area contributed by atoms with Crippen molar-refractivity contribution in [3.05, 3.63) is 65.0 Å². The van der Waals surface area contributed by atoms with E-state index in [2.05, 4.69) is 6.58 Å². The Labute approximate surface area is 142 Å². The molecule has 1 aliphatic heterocycles. The van der Waals surface area contributed by atoms with Crippen molar-refractivity contribution in [3.63, 3.8) is 0 Å². The predicted molar refractivity (Wildman–Crippen MR) is 94.8 cm³/mol. The molecule has 1 heterocycles. The first kappa shape index (κ1) is 15.1. The molecule has 0 saturated carbocycles. The summed E-state index contributed by atoms with van der Waals surface area (Å²) in [7, 11) is 0. The maximum Gasteiger partial charge on any atom is 0.270 e. The molecule has 2 aromatic rings. The van der Waals surface area contributed by atoms with Crippen LogP contribution in [0.25, 0.3) is 0 Å². The maximum absolute atomic E-state index is 12.1. The van der Waals surface area contributed by atoms with Crippen LogP contribution in [0, 0.1) is 0 Å². The van der Waals surface area contributed by atoms with Crippen LogP contribution in [0.4, 0.5) is 5.69 Å². The summed E-state index contributed by atoms with van der Waals surface area (Å²) in [5.41, 5.74) is 0.660. The van der Waals surface area contributed by atoms with Crippen molar-refractivity contribution in [1.82, 2.24) is 0 Å². The zero-order valence-electron chi connectivity index (χ0n) is 11.3. The molecule has 110 valence electrons. The lowest BCUT2D eigenvalue weighted by Crippen LogP contribution is -2.27. The van der Waals surface area contributed by atoms with Crippen LogP contribution in [0.1, 0.15) is 0 Å². The molecule has 1 aliphatic rings. The Balaban J connectivity index is 1.87. The van der Waals surface area contributed by atoms with E-state index < -0.39 is 0 Å². The molecule has 6 heteroatoms. The Hall–Kier alpha value is -1.82. The average molecular weight is 348 g/mol. The Morgan fingerprint density at radius 2 is 1.86 bits per heavy atom. The number of benzene rings is 2. The highest BCUT2D eigenvalue weighted by molar-refractivity contribution is 8.27. The van der Waals surface area contributed by atoms with Crippen LogP contribution in [0.15, 0.2) is 60.0 Å². The number of halogens is 1. The average Bonchev–Trinajstić information content (AvgIpc) is 2.75. The van der Waals surface area contributed by atoms with Gasteiger partial charge in [-0.2, -0.15) is 0 Å². The number of ether oxygens (including phenoxy) is 1. The zero-order valence-corrected chi connectivity index (χ0v) is 13.7. The molecule has 0 aromatic heterocycles. The third-order valence-electron chi connectivity index (χ3n) is 2.96. The third kappa shape index (κ3) is 3.02. The number of anilines is 1. The number of hydrogen-bond donors (Lipinski definition) is 0. The first-order valence-corrected chi connectivity index (χ1v) is 7.93. The van der Waals surface area contributed by atoms with Crippen molar-refractivity contribution in [2.45, 2.75) is 0 Å². The fourth-order valence-corrected chi connectivity index (χ4v) is 3.23. The molecule has 3 rings (SSSR count). The summed E-state index contributed by atoms with van der Waals surface area (Å²) >= 11 is 12.3. The van der Waals surface area contributed by atoms with Crippen LogP contribution >= 0.6 is 35.6 Å². The molecule has 1 amide bonds. The Bertz CT molecular complexity index is 774. The number of carbonyl (C=O) groups is 1. The largest absolute Gasteiger partial charge is 0.457 e. The second kappa shape index (κ2) is 6.12. The molecule has 0 atom stereocenters. The van der Waals surface area contributed by atoms with Gasteiger partial charge in [-0.05, 0) is 36.4 Å². The first-order chi connectivity index (χ1) is 10.5. The fraction of sp³-hybridized carbons (Fsp3) is 0. The van der Waals surface area contributed by atoms with Crippen LogP contribution in [0.3, 0.4) is 0 Å². The van der Waals surface area contributed by atoms with Crippen molar-refractivity contribution in [3.8, 4) is 11.5 Å². The lowest BCUT2D eigenvalue weighted by Gasteiger charge is -2.15. The highest BCUT2D eigenvalue weighted by Crippen LogP contribution is 2.35. The first-order valence-electron chi connectivity index (χ1n) is 6.33. The van der Waals surface area contributed by atoms with Gasteiger partial charge >= 0.3 is 0 Å². The molecule has 0 aliphatic carbocycles. The standard InChI is InChI=1S/C16H10ClNO2S2/c1-10-15(19)18(16(21)22-10)12-3-2-4-14(9-12)20-13-7-5-11(17)6-8-13/h2-9H,1H2. The molecule has 0 N–H and O–H groups in total. The minimum Gasteiger partial charge on any atom is -0.457 e. The van der Waals surface area contributed by atoms with E-state index in [0.717, 1.165) is 0 Å². The summed E-state index contributed by atoms with van der Waals surface area (Å²) in [6, 6.07) is 14.2. The van der Waals surface area contributed by atoms with Crippen LogP contribution in [-0.4, -0.2) is 10.2 Å². The molecular formula is C16H10ClNO2S2. The van der Waals surface area contributed by atoms with E-state index >= 15 is 0 Å². The van der Waals surface area contributed by atoms with Crippen molar-refractivity contribution in [1.29, 1.82) is 0 Å². The van der Waals surface area contributed by atoms with Crippen LogP contribution < -0.4 is 9.64 Å². The lowest BCUT2D eigenvalue weighted by atomic mass is 10.2. The zero-order chi connectivity index (χ0) is 15.7. The lowest BCUT2D eigenvalue weighted by molar-refractivity contribution is -0.113. The number of nitrogens with zero attached hydrogens (tertiary/aromatic N) is 1. The quantitative estimate of drug-likeness (QED) is 0.576. The summed E-state index contributed by atoms with van der Waals surface area (Å²) in [4.78, 5) is 14.0. The maximum atomic E-state index is 12.1. The summed E-state index contributed by atoms with van der Waals surface area (Å²) < 4.78 is 6.23. The minimum atomic E-state index is -0.196. The van der Waals surface area contributed by atoms with E-state index in [1.807, 2.05) is 12.1 Å². The van der Waals surface area contributed by atoms with Gasteiger partial charge in [0.1, 0.15) is 11.5 Å².